The standard InChI is InChI=1S/C18H20FNO4S/c1-2-11-25(22,23)13-18(21)20-12-14-3-7-16(8-4-14)24-17-9-5-15(19)6-10-17/h3-10H,2,11-13H2,1H3,(H,20,21). The molecule has 7 heteroatoms. The van der Waals surface area contributed by atoms with E-state index in [0.29, 0.717) is 17.9 Å². The summed E-state index contributed by atoms with van der Waals surface area (Å²) in [5.41, 5.74) is 0.813. The maximum atomic E-state index is 12.8. The molecule has 2 aromatic rings. The Kier molecular flexibility index (Phi) is 6.52. The highest BCUT2D eigenvalue weighted by molar-refractivity contribution is 7.92. The number of carbonyl (C=O) groups excluding carboxylic acids is 1. The number of sulfone groups is 1. The minimum absolute atomic E-state index is 0.00976. The molecule has 0 bridgehead atoms. The van der Waals surface area contributed by atoms with Gasteiger partial charge in [-0.1, -0.05) is 19.1 Å². The summed E-state index contributed by atoms with van der Waals surface area (Å²) in [5.74, 6) is -0.238. The Morgan fingerprint density at radius 3 is 2.16 bits per heavy atom. The number of rotatable bonds is 8. The molecule has 2 aromatic carbocycles. The third kappa shape index (κ3) is 6.54. The Hall–Kier alpha value is -2.41. The molecule has 0 atom stereocenters. The second-order valence-electron chi connectivity index (χ2n) is 5.57. The van der Waals surface area contributed by atoms with Gasteiger partial charge < -0.3 is 10.1 Å². The molecule has 0 spiro atoms. The minimum Gasteiger partial charge on any atom is -0.457 e. The number of nitrogens with one attached hydrogen (secondary N) is 1. The maximum absolute atomic E-state index is 12.8. The number of ether oxygens (including phenoxy) is 1. The fourth-order valence-corrected chi connectivity index (χ4v) is 3.42. The van der Waals surface area contributed by atoms with Crippen LogP contribution in [0.25, 0.3) is 0 Å². The molecule has 0 saturated heterocycles. The van der Waals surface area contributed by atoms with E-state index in [1.165, 1.54) is 24.3 Å². The lowest BCUT2D eigenvalue weighted by Gasteiger charge is -2.08. The number of hydrogen-bond donors (Lipinski definition) is 1. The minimum atomic E-state index is -3.34. The average molecular weight is 365 g/mol. The molecule has 0 aromatic heterocycles. The lowest BCUT2D eigenvalue weighted by atomic mass is 10.2. The van der Waals surface area contributed by atoms with Gasteiger partial charge in [0.05, 0.1) is 5.75 Å². The van der Waals surface area contributed by atoms with Gasteiger partial charge in [-0.3, -0.25) is 4.79 Å². The molecule has 0 fully saturated rings. The first-order chi connectivity index (χ1) is 11.9. The summed E-state index contributed by atoms with van der Waals surface area (Å²) in [6, 6.07) is 12.6. The zero-order chi connectivity index (χ0) is 18.3. The van der Waals surface area contributed by atoms with Crippen molar-refractivity contribution in [3.05, 3.63) is 59.9 Å². The second kappa shape index (κ2) is 8.62. The van der Waals surface area contributed by atoms with Gasteiger partial charge in [-0.15, -0.1) is 0 Å². The quantitative estimate of drug-likeness (QED) is 0.780. The van der Waals surface area contributed by atoms with Crippen molar-refractivity contribution in [2.75, 3.05) is 11.5 Å². The van der Waals surface area contributed by atoms with Crippen LogP contribution in [0.4, 0.5) is 4.39 Å². The second-order valence-corrected chi connectivity index (χ2v) is 7.75. The van der Waals surface area contributed by atoms with Crippen molar-refractivity contribution in [2.24, 2.45) is 0 Å². The van der Waals surface area contributed by atoms with Crippen molar-refractivity contribution < 1.29 is 22.3 Å². The molecule has 134 valence electrons. The highest BCUT2D eigenvalue weighted by Gasteiger charge is 2.15. The SMILES string of the molecule is CCCS(=O)(=O)CC(=O)NCc1ccc(Oc2ccc(F)cc2)cc1. The van der Waals surface area contributed by atoms with Gasteiger partial charge in [-0.25, -0.2) is 12.8 Å². The summed E-state index contributed by atoms with van der Waals surface area (Å²) in [4.78, 5) is 11.7. The summed E-state index contributed by atoms with van der Waals surface area (Å²) in [7, 11) is -3.34. The van der Waals surface area contributed by atoms with E-state index in [4.69, 9.17) is 4.74 Å². The van der Waals surface area contributed by atoms with Gasteiger partial charge in [-0.2, -0.15) is 0 Å². The molecule has 25 heavy (non-hydrogen) atoms. The van der Waals surface area contributed by atoms with E-state index in [0.717, 1.165) is 5.56 Å². The number of hydrogen-bond acceptors (Lipinski definition) is 4. The van der Waals surface area contributed by atoms with Crippen molar-refractivity contribution in [1.29, 1.82) is 0 Å². The van der Waals surface area contributed by atoms with Crippen LogP contribution in [0.2, 0.25) is 0 Å². The average Bonchev–Trinajstić information content (AvgIpc) is 2.56. The maximum Gasteiger partial charge on any atom is 0.235 e. The van der Waals surface area contributed by atoms with Crippen LogP contribution in [0.3, 0.4) is 0 Å². The molecule has 1 amide bonds. The van der Waals surface area contributed by atoms with Crippen LogP contribution in [0.5, 0.6) is 11.5 Å². The Bertz CT molecular complexity index is 802. The topological polar surface area (TPSA) is 72.5 Å². The van der Waals surface area contributed by atoms with E-state index >= 15 is 0 Å². The third-order valence-corrected chi connectivity index (χ3v) is 5.06. The number of carbonyl (C=O) groups is 1. The first kappa shape index (κ1) is 18.9. The van der Waals surface area contributed by atoms with Crippen LogP contribution in [-0.2, 0) is 21.2 Å². The van der Waals surface area contributed by atoms with Crippen LogP contribution in [0.1, 0.15) is 18.9 Å². The largest absolute Gasteiger partial charge is 0.457 e. The summed E-state index contributed by atoms with van der Waals surface area (Å²) < 4.78 is 41.6. The Morgan fingerprint density at radius 2 is 1.60 bits per heavy atom. The van der Waals surface area contributed by atoms with Gasteiger partial charge in [0.1, 0.15) is 23.1 Å². The van der Waals surface area contributed by atoms with Gasteiger partial charge in [0.15, 0.2) is 9.84 Å². The molecule has 0 saturated carbocycles. The van der Waals surface area contributed by atoms with Crippen LogP contribution in [0, 0.1) is 5.82 Å². The molecule has 0 aliphatic rings. The number of benzene rings is 2. The van der Waals surface area contributed by atoms with Crippen molar-refractivity contribution in [1.82, 2.24) is 5.32 Å². The Labute approximate surface area is 146 Å². The van der Waals surface area contributed by atoms with E-state index in [-0.39, 0.29) is 18.1 Å². The molecule has 5 nitrogen and oxygen atoms in total. The summed E-state index contributed by atoms with van der Waals surface area (Å²) in [6.45, 7) is 1.99. The van der Waals surface area contributed by atoms with Gasteiger partial charge in [-0.05, 0) is 48.4 Å². The summed E-state index contributed by atoms with van der Waals surface area (Å²) >= 11 is 0. The summed E-state index contributed by atoms with van der Waals surface area (Å²) in [5, 5.41) is 2.59. The highest BCUT2D eigenvalue weighted by Crippen LogP contribution is 2.21. The van der Waals surface area contributed by atoms with Crippen molar-refractivity contribution in [2.45, 2.75) is 19.9 Å². The van der Waals surface area contributed by atoms with Gasteiger partial charge in [0, 0.05) is 6.54 Å². The van der Waals surface area contributed by atoms with Crippen molar-refractivity contribution in [3.8, 4) is 11.5 Å². The Morgan fingerprint density at radius 1 is 1.04 bits per heavy atom. The third-order valence-electron chi connectivity index (χ3n) is 3.33. The molecular formula is C18H20FNO4S. The molecule has 0 aliphatic carbocycles. The zero-order valence-corrected chi connectivity index (χ0v) is 14.7. The lowest BCUT2D eigenvalue weighted by molar-refractivity contribution is -0.118. The van der Waals surface area contributed by atoms with Gasteiger partial charge in [0.2, 0.25) is 5.91 Å². The smallest absolute Gasteiger partial charge is 0.235 e. The van der Waals surface area contributed by atoms with E-state index < -0.39 is 21.5 Å². The fourth-order valence-electron chi connectivity index (χ4n) is 2.15. The zero-order valence-electron chi connectivity index (χ0n) is 13.9. The molecule has 0 heterocycles. The first-order valence-electron chi connectivity index (χ1n) is 7.87. The van der Waals surface area contributed by atoms with E-state index in [1.54, 1.807) is 31.2 Å². The first-order valence-corrected chi connectivity index (χ1v) is 9.69. The molecule has 2 rings (SSSR count). The van der Waals surface area contributed by atoms with Crippen LogP contribution in [0.15, 0.2) is 48.5 Å². The van der Waals surface area contributed by atoms with Gasteiger partial charge in [0.25, 0.3) is 0 Å². The predicted octanol–water partition coefficient (Wildman–Crippen LogP) is 3.06. The van der Waals surface area contributed by atoms with E-state index in [2.05, 4.69) is 5.32 Å². The van der Waals surface area contributed by atoms with Crippen molar-refractivity contribution >= 4 is 15.7 Å². The van der Waals surface area contributed by atoms with Crippen LogP contribution < -0.4 is 10.1 Å². The van der Waals surface area contributed by atoms with Gasteiger partial charge >= 0.3 is 0 Å². The monoisotopic (exact) mass is 365 g/mol. The molecule has 0 unspecified atom stereocenters. The number of amides is 1. The molecule has 0 radical (unpaired) electrons. The van der Waals surface area contributed by atoms with Crippen molar-refractivity contribution in [3.63, 3.8) is 0 Å². The van der Waals surface area contributed by atoms with Crippen LogP contribution in [-0.4, -0.2) is 25.8 Å². The molecule has 1 N–H and O–H groups in total. The predicted molar refractivity (Wildman–Crippen MR) is 93.7 cm³/mol. The summed E-state index contributed by atoms with van der Waals surface area (Å²) in [6.07, 6.45) is 0.491. The molecule has 0 aliphatic heterocycles. The normalized spacial score (nSPS) is 11.1. The lowest BCUT2D eigenvalue weighted by Crippen LogP contribution is -2.30. The fraction of sp³-hybridized carbons (Fsp3) is 0.278. The Balaban J connectivity index is 1.86. The molecular weight excluding hydrogens is 345 g/mol. The number of halogens is 1. The van der Waals surface area contributed by atoms with Crippen LogP contribution >= 0.6 is 0 Å². The van der Waals surface area contributed by atoms with E-state index in [1.807, 2.05) is 0 Å². The highest BCUT2D eigenvalue weighted by atomic mass is 32.2. The van der Waals surface area contributed by atoms with E-state index in [9.17, 15) is 17.6 Å².